The van der Waals surface area contributed by atoms with Crippen LogP contribution in [0.5, 0.6) is 11.5 Å². The van der Waals surface area contributed by atoms with Crippen LogP contribution in [0.15, 0.2) is 151 Å². The second kappa shape index (κ2) is 42.1. The predicted molar refractivity (Wildman–Crippen MR) is 510 cm³/mol. The summed E-state index contributed by atoms with van der Waals surface area (Å²) in [6.45, 7) is 33.1. The van der Waals surface area contributed by atoms with Crippen molar-refractivity contribution in [2.45, 2.75) is 101 Å². The zero-order valence-electron chi connectivity index (χ0n) is 73.1. The highest BCUT2D eigenvalue weighted by Crippen LogP contribution is 2.47. The molecule has 3 aromatic heterocycles. The number of methoxy groups -OCH3 is 2. The predicted octanol–water partition coefficient (Wildman–Crippen LogP) is 16.3. The lowest BCUT2D eigenvalue weighted by Crippen LogP contribution is -2.52. The molecule has 15 rings (SSSR count). The lowest BCUT2D eigenvalue weighted by atomic mass is 10.0. The highest BCUT2D eigenvalue weighted by Gasteiger charge is 2.33. The highest BCUT2D eigenvalue weighted by molar-refractivity contribution is 7.92. The number of sulfone groups is 1. The fraction of sp³-hybridized carbons (Fsp3) is 0.467. The minimum atomic E-state index is -3.50. The number of nitrogens with one attached hydrogen (secondary N) is 6. The van der Waals surface area contributed by atoms with Gasteiger partial charge in [0.2, 0.25) is 17.8 Å². The Bertz CT molecular complexity index is 5260. The smallest absolute Gasteiger partial charge is 0.229 e. The summed E-state index contributed by atoms with van der Waals surface area (Å²) in [6, 6.07) is 42.8. The van der Waals surface area contributed by atoms with Crippen molar-refractivity contribution in [1.82, 2.24) is 59.3 Å². The van der Waals surface area contributed by atoms with Gasteiger partial charge in [-0.15, -0.1) is 0 Å². The van der Waals surface area contributed by atoms with E-state index in [4.69, 9.17) is 44.3 Å². The Morgan fingerprint density at radius 3 is 1.11 bits per heavy atom. The summed E-state index contributed by atoms with van der Waals surface area (Å²) >= 11 is 19.3. The lowest BCUT2D eigenvalue weighted by molar-refractivity contribution is 0.0982. The molecule has 0 bridgehead atoms. The number of piperazine rings is 3. The fourth-order valence-electron chi connectivity index (χ4n) is 16.9. The first kappa shape index (κ1) is 92.1. The minimum Gasteiger partial charge on any atom is -0.494 e. The Morgan fingerprint density at radius 2 is 0.748 bits per heavy atom. The van der Waals surface area contributed by atoms with Gasteiger partial charge in [0, 0.05) is 194 Å². The number of anilines is 15. The molecule has 6 aromatic carbocycles. The Labute approximate surface area is 742 Å². The van der Waals surface area contributed by atoms with E-state index in [1.807, 2.05) is 74.5 Å². The SMILES string of the molecule is CCP(=O)(CC)c1ccccc1Nc1nc(Nc2ccc(N3CCC(N4CCN(C)CC4)CC3)cc2OC)ncc1Cl.COc1cc(N2CCC(N3CCN(C)CC3)CC2)ccc1Nc1ncc(Cl)c(Nc2ccccc2P(C)(C)=O)n1.Cc1cc(N2CCC(N3CCN(C)CC3)CC2)ccc1Nc1ncc(Cl)c(Nc2ccccc2S(=O)(=O)C(C)C)n1. The molecule has 33 heteroatoms. The summed E-state index contributed by atoms with van der Waals surface area (Å²) in [4.78, 5) is 49.8. The quantitative estimate of drug-likeness (QED) is 0.0275. The third kappa shape index (κ3) is 23.6. The summed E-state index contributed by atoms with van der Waals surface area (Å²) in [6.07, 6.45) is 12.9. The van der Waals surface area contributed by atoms with Crippen molar-refractivity contribution in [3.63, 3.8) is 0 Å². The Balaban J connectivity index is 0.000000159. The van der Waals surface area contributed by atoms with Gasteiger partial charge < -0.3 is 79.9 Å². The highest BCUT2D eigenvalue weighted by atomic mass is 35.5. The van der Waals surface area contributed by atoms with Gasteiger partial charge in [-0.2, -0.15) is 15.0 Å². The topological polar surface area (TPSA) is 265 Å². The lowest BCUT2D eigenvalue weighted by Gasteiger charge is -2.42. The molecule has 6 aliphatic rings. The molecule has 660 valence electrons. The second-order valence-electron chi connectivity index (χ2n) is 33.4. The average Bonchev–Trinajstić information content (AvgIpc) is 0.803. The number of likely N-dealkylation sites (N-methyl/N-ethyl adjacent to an activating group) is 3. The first-order valence-electron chi connectivity index (χ1n) is 43.0. The van der Waals surface area contributed by atoms with Crippen LogP contribution in [0, 0.1) is 6.92 Å². The number of para-hydroxylation sites is 3. The van der Waals surface area contributed by atoms with Gasteiger partial charge >= 0.3 is 0 Å². The fourth-order valence-corrected chi connectivity index (χ4v) is 21.7. The Hall–Kier alpha value is -8.60. The van der Waals surface area contributed by atoms with Gasteiger partial charge in [-0.3, -0.25) is 14.7 Å². The molecule has 9 heterocycles. The third-order valence-electron chi connectivity index (χ3n) is 24.6. The number of hydrogen-bond donors (Lipinski definition) is 6. The van der Waals surface area contributed by atoms with Crippen molar-refractivity contribution >= 4 is 156 Å². The van der Waals surface area contributed by atoms with E-state index in [1.54, 1.807) is 78.1 Å². The van der Waals surface area contributed by atoms with Crippen LogP contribution < -0.4 is 66.7 Å². The van der Waals surface area contributed by atoms with Crippen LogP contribution in [0.25, 0.3) is 0 Å². The number of benzene rings is 6. The molecular formula is C90H122Cl3N21O6P2S. The number of piperidine rings is 3. The summed E-state index contributed by atoms with van der Waals surface area (Å²) in [7, 11) is 1.44. The van der Waals surface area contributed by atoms with E-state index in [0.717, 1.165) is 140 Å². The summed E-state index contributed by atoms with van der Waals surface area (Å²) < 4.78 is 63.6. The molecular weight excluding hydrogens is 1670 g/mol. The maximum Gasteiger partial charge on any atom is 0.229 e. The van der Waals surface area contributed by atoms with Crippen molar-refractivity contribution in [2.24, 2.45) is 0 Å². The maximum atomic E-state index is 13.5. The van der Waals surface area contributed by atoms with Gasteiger partial charge in [-0.1, -0.05) is 85.0 Å². The minimum absolute atomic E-state index is 0.207. The van der Waals surface area contributed by atoms with Crippen molar-refractivity contribution in [2.75, 3.05) is 225 Å². The van der Waals surface area contributed by atoms with Crippen LogP contribution in [0.4, 0.5) is 86.5 Å². The number of hydrogen-bond acceptors (Lipinski definition) is 27. The number of aromatic nitrogens is 6. The molecule has 123 heavy (non-hydrogen) atoms. The molecule has 0 radical (unpaired) electrons. The number of nitrogens with zero attached hydrogens (tertiary/aromatic N) is 15. The number of ether oxygens (including phenoxy) is 2. The monoisotopic (exact) mass is 1790 g/mol. The Kier molecular flexibility index (Phi) is 31.5. The number of halogens is 3. The van der Waals surface area contributed by atoms with Crippen molar-refractivity contribution < 1.29 is 27.0 Å². The molecule has 0 amide bonds. The third-order valence-corrected chi connectivity index (χ3v) is 32.5. The van der Waals surface area contributed by atoms with Crippen LogP contribution in [0.3, 0.4) is 0 Å². The van der Waals surface area contributed by atoms with Crippen LogP contribution >= 0.6 is 49.1 Å². The van der Waals surface area contributed by atoms with Crippen molar-refractivity contribution in [3.05, 3.63) is 167 Å². The normalized spacial score (nSPS) is 17.5. The molecule has 0 atom stereocenters. The van der Waals surface area contributed by atoms with Gasteiger partial charge in [-0.25, -0.2) is 23.4 Å². The molecule has 0 saturated carbocycles. The maximum absolute atomic E-state index is 13.5. The molecule has 0 unspecified atom stereocenters. The first-order valence-corrected chi connectivity index (χ1v) is 50.4. The average molecular weight is 1790 g/mol. The summed E-state index contributed by atoms with van der Waals surface area (Å²) in [5.41, 5.74) is 8.93. The second-order valence-corrected chi connectivity index (χ2v) is 43.8. The molecule has 6 saturated heterocycles. The first-order chi connectivity index (χ1) is 59.1. The Morgan fingerprint density at radius 1 is 0.423 bits per heavy atom. The van der Waals surface area contributed by atoms with Crippen LogP contribution in [0.1, 0.15) is 71.8 Å². The zero-order chi connectivity index (χ0) is 87.1. The van der Waals surface area contributed by atoms with Gasteiger partial charge in [0.25, 0.3) is 0 Å². The molecule has 6 N–H and O–H groups in total. The largest absolute Gasteiger partial charge is 0.494 e. The number of aryl methyl sites for hydroxylation is 1. The van der Waals surface area contributed by atoms with Crippen molar-refractivity contribution in [3.8, 4) is 11.5 Å². The molecule has 6 aliphatic heterocycles. The van der Waals surface area contributed by atoms with Crippen LogP contribution in [-0.2, 0) is 19.0 Å². The van der Waals surface area contributed by atoms with Gasteiger partial charge in [0.1, 0.15) is 40.9 Å². The van der Waals surface area contributed by atoms with E-state index in [-0.39, 0.29) is 4.90 Å². The molecule has 6 fully saturated rings. The molecule has 0 spiro atoms. The standard InChI is InChI=1S/C31H43ClN7O2P.C30H40ClN7O2S.C29H39ClN7O2P/c1-5-42(40,6-2)29-10-8-7-9-27(29)34-30-25(32)22-33-31(36-30)35-26-12-11-24(21-28(26)41-4)38-15-13-23(14-16-38)39-19-17-37(3)18-20-39;1-21(2)41(39,40)28-8-6-5-7-27(28)33-29-25(31)20-32-30(35-29)34-26-10-9-24(19-22(26)3)37-13-11-23(12-14-37)38-17-15-36(4)16-18-38;1-35-15-17-37(18-16-35)21-11-13-36(14-12-21)22-9-10-24(26(19-22)39-2)33-29-31-20-23(30)28(34-29)32-25-7-5-6-8-27(25)40(3,4)38/h7-12,21-23H,5-6,13-20H2,1-4H3,(H2,33,34,35,36);5-10,19-21,23H,11-18H2,1-4H3,(H2,32,33,34,35);5-10,19-21H,11-18H2,1-4H3,(H2,31,32,33,34). The zero-order valence-corrected chi connectivity index (χ0v) is 78.0. The molecule has 27 nitrogen and oxygen atoms in total. The van der Waals surface area contributed by atoms with E-state index >= 15 is 0 Å². The van der Waals surface area contributed by atoms with Gasteiger partial charge in [-0.05, 0) is 178 Å². The van der Waals surface area contributed by atoms with E-state index in [9.17, 15) is 17.5 Å². The van der Waals surface area contributed by atoms with Crippen LogP contribution in [-0.4, -0.2) is 270 Å². The van der Waals surface area contributed by atoms with Gasteiger partial charge in [0.05, 0.1) is 71.4 Å². The van der Waals surface area contributed by atoms with E-state index in [2.05, 4.69) is 176 Å². The summed E-state index contributed by atoms with van der Waals surface area (Å²) in [5.74, 6) is 3.76. The van der Waals surface area contributed by atoms with E-state index < -0.39 is 29.4 Å². The van der Waals surface area contributed by atoms with Gasteiger partial charge in [0.15, 0.2) is 27.3 Å². The van der Waals surface area contributed by atoms with Crippen LogP contribution in [0.2, 0.25) is 15.1 Å². The van der Waals surface area contributed by atoms with Crippen molar-refractivity contribution in [1.29, 1.82) is 0 Å². The summed E-state index contributed by atoms with van der Waals surface area (Å²) in [5, 5.41) is 21.6. The molecule has 9 aromatic rings. The molecule has 0 aliphatic carbocycles. The van der Waals surface area contributed by atoms with E-state index in [1.165, 1.54) is 89.7 Å². The number of rotatable bonds is 26. The van der Waals surface area contributed by atoms with E-state index in [0.29, 0.717) is 92.2 Å².